The first-order valence-electron chi connectivity index (χ1n) is 19.1. The molecule has 0 saturated heterocycles. The van der Waals surface area contributed by atoms with Crippen LogP contribution in [-0.4, -0.2) is 128 Å². The summed E-state index contributed by atoms with van der Waals surface area (Å²) in [4.78, 5) is 125. The molecular formula is C37H65N9O12. The van der Waals surface area contributed by atoms with E-state index in [0.717, 1.165) is 0 Å². The molecule has 0 spiro atoms. The Hall–Kier alpha value is -5.50. The zero-order chi connectivity index (χ0) is 44.9. The Morgan fingerprint density at radius 2 is 0.897 bits per heavy atom. The second kappa shape index (κ2) is 25.7. The van der Waals surface area contributed by atoms with Gasteiger partial charge in [-0.1, -0.05) is 41.5 Å². The van der Waals surface area contributed by atoms with Gasteiger partial charge in [-0.3, -0.25) is 38.4 Å². The molecule has 5 atom stereocenters. The molecule has 0 aromatic carbocycles. The van der Waals surface area contributed by atoms with Crippen molar-refractivity contribution in [2.24, 2.45) is 17.8 Å². The molecule has 0 aliphatic carbocycles. The van der Waals surface area contributed by atoms with Gasteiger partial charge in [-0.05, 0) is 65.2 Å². The van der Waals surface area contributed by atoms with Crippen molar-refractivity contribution < 1.29 is 57.4 Å². The number of alkyl carbamates (subject to hydrolysis) is 1. The molecule has 58 heavy (non-hydrogen) atoms. The Balaban J connectivity index is 4.74. The first-order valence-corrected chi connectivity index (χ1v) is 19.1. The molecule has 0 radical (unpaired) electrons. The fourth-order valence-electron chi connectivity index (χ4n) is 4.89. The molecule has 0 fully saturated rings. The summed E-state index contributed by atoms with van der Waals surface area (Å²) in [6, 6.07) is -5.16. The molecule has 0 aromatic rings. The predicted molar refractivity (Wildman–Crippen MR) is 210 cm³/mol. The minimum atomic E-state index is -1.13. The van der Waals surface area contributed by atoms with Crippen LogP contribution in [0.3, 0.4) is 0 Å². The number of nitrogens with one attached hydrogen (secondary N) is 9. The third-order valence-electron chi connectivity index (χ3n) is 7.75. The molecular weight excluding hydrogens is 762 g/mol. The molecule has 9 N–H and O–H groups in total. The molecule has 0 heterocycles. The van der Waals surface area contributed by atoms with Crippen LogP contribution in [-0.2, 0) is 52.6 Å². The molecule has 0 aliphatic rings. The highest BCUT2D eigenvalue weighted by atomic mass is 16.6. The van der Waals surface area contributed by atoms with Gasteiger partial charge in [0.1, 0.15) is 35.8 Å². The van der Waals surface area contributed by atoms with Crippen LogP contribution in [0.1, 0.15) is 89.0 Å². The molecule has 0 aromatic heterocycles. The second-order valence-electron chi connectivity index (χ2n) is 15.8. The van der Waals surface area contributed by atoms with Crippen LogP contribution in [0, 0.1) is 17.8 Å². The molecule has 0 unspecified atom stereocenters. The van der Waals surface area contributed by atoms with E-state index >= 15 is 0 Å². The number of hydrogen-bond acceptors (Lipinski definition) is 12. The van der Waals surface area contributed by atoms with Gasteiger partial charge in [-0.15, -0.1) is 0 Å². The molecule has 0 aliphatic heterocycles. The Morgan fingerprint density at radius 1 is 0.483 bits per heavy atom. The number of methoxy groups -OCH3 is 1. The van der Waals surface area contributed by atoms with Crippen LogP contribution in [0.5, 0.6) is 0 Å². The van der Waals surface area contributed by atoms with Crippen molar-refractivity contribution in [2.75, 3.05) is 33.3 Å². The maximum atomic E-state index is 12.9. The Kier molecular flexibility index (Phi) is 23.3. The maximum Gasteiger partial charge on any atom is 0.408 e. The van der Waals surface area contributed by atoms with E-state index in [9.17, 15) is 47.9 Å². The lowest BCUT2D eigenvalue weighted by Crippen LogP contribution is -2.56. The Bertz CT molecular complexity index is 1460. The summed E-state index contributed by atoms with van der Waals surface area (Å²) in [6.07, 6.45) is -0.197. The summed E-state index contributed by atoms with van der Waals surface area (Å²) in [5.74, 6) is -6.55. The molecule has 0 rings (SSSR count). The lowest BCUT2D eigenvalue weighted by Gasteiger charge is -2.25. The van der Waals surface area contributed by atoms with Gasteiger partial charge in [0.15, 0.2) is 0 Å². The van der Waals surface area contributed by atoms with Crippen LogP contribution in [0.2, 0.25) is 0 Å². The maximum absolute atomic E-state index is 12.9. The minimum absolute atomic E-state index is 0.0238. The van der Waals surface area contributed by atoms with Crippen LogP contribution >= 0.6 is 0 Å². The number of carbonyl (C=O) groups excluding carboxylic acids is 10. The first-order chi connectivity index (χ1) is 26.8. The van der Waals surface area contributed by atoms with E-state index in [2.05, 4.69) is 47.9 Å². The molecule has 21 heteroatoms. The molecule has 9 amide bonds. The summed E-state index contributed by atoms with van der Waals surface area (Å²) >= 11 is 0. The van der Waals surface area contributed by atoms with Crippen LogP contribution in [0.25, 0.3) is 0 Å². The third kappa shape index (κ3) is 22.9. The molecule has 21 nitrogen and oxygen atoms in total. The molecule has 0 saturated carbocycles. The van der Waals surface area contributed by atoms with Crippen LogP contribution in [0.4, 0.5) is 4.79 Å². The summed E-state index contributed by atoms with van der Waals surface area (Å²) in [5, 5.41) is 21.7. The standard InChI is InChI=1S/C37H65N9O12/c1-19(2)13-24(45-36(56)58-37(9,10)11)33(53)41-17-28(49)43-22(7)31(51)39-15-26(47)38-16-27(48)42-23(8)32(52)40-18-29(50)46-30(21(5)6)34(54)44-25(14-20(3)4)35(55)57-12/h19-25,30H,13-18H2,1-12H3,(H,38,47)(H,39,51)(H,40,52)(H,41,53)(H,42,48)(H,43,49)(H,44,54)(H,45,56)(H,46,50)/t22-,23-,24-,25-,30-/m0/s1. The summed E-state index contributed by atoms with van der Waals surface area (Å²) in [5.41, 5.74) is -0.783. The highest BCUT2D eigenvalue weighted by Gasteiger charge is 2.30. The van der Waals surface area contributed by atoms with E-state index in [1.165, 1.54) is 21.0 Å². The van der Waals surface area contributed by atoms with Gasteiger partial charge in [-0.25, -0.2) is 9.59 Å². The summed E-state index contributed by atoms with van der Waals surface area (Å²) < 4.78 is 9.97. The molecule has 0 bridgehead atoms. The molecule has 330 valence electrons. The van der Waals surface area contributed by atoms with Gasteiger partial charge < -0.3 is 57.3 Å². The third-order valence-corrected chi connectivity index (χ3v) is 7.75. The SMILES string of the molecule is COC(=O)[C@H](CC(C)C)NC(=O)[C@@H](NC(=O)CNC(=O)[C@H](C)NC(=O)CNC(=O)CNC(=O)[C@H](C)NC(=O)CNC(=O)[C@H](CC(C)C)NC(=O)OC(C)(C)C)C(C)C. The van der Waals surface area contributed by atoms with Crippen molar-refractivity contribution in [1.29, 1.82) is 0 Å². The van der Waals surface area contributed by atoms with E-state index in [0.29, 0.717) is 6.42 Å². The van der Waals surface area contributed by atoms with Crippen molar-refractivity contribution in [1.82, 2.24) is 47.9 Å². The van der Waals surface area contributed by atoms with Crippen molar-refractivity contribution in [3.05, 3.63) is 0 Å². The summed E-state index contributed by atoms with van der Waals surface area (Å²) in [7, 11) is 1.21. The predicted octanol–water partition coefficient (Wildman–Crippen LogP) is -1.76. The van der Waals surface area contributed by atoms with Gasteiger partial charge in [0.25, 0.3) is 0 Å². The highest BCUT2D eigenvalue weighted by Crippen LogP contribution is 2.11. The first kappa shape index (κ1) is 52.5. The lowest BCUT2D eigenvalue weighted by molar-refractivity contribution is -0.146. The van der Waals surface area contributed by atoms with E-state index in [1.807, 2.05) is 27.7 Å². The smallest absolute Gasteiger partial charge is 0.408 e. The number of ether oxygens (including phenoxy) is 2. The van der Waals surface area contributed by atoms with Crippen molar-refractivity contribution in [3.8, 4) is 0 Å². The minimum Gasteiger partial charge on any atom is -0.467 e. The topological polar surface area (TPSA) is 297 Å². The fraction of sp³-hybridized carbons (Fsp3) is 0.730. The number of hydrogen-bond donors (Lipinski definition) is 9. The summed E-state index contributed by atoms with van der Waals surface area (Å²) in [6.45, 7) is 16.4. The number of rotatable bonds is 23. The number of amides is 9. The van der Waals surface area contributed by atoms with Gasteiger partial charge in [-0.2, -0.15) is 0 Å². The van der Waals surface area contributed by atoms with Gasteiger partial charge in [0.05, 0.1) is 33.3 Å². The highest BCUT2D eigenvalue weighted by molar-refractivity contribution is 5.95. The van der Waals surface area contributed by atoms with Crippen molar-refractivity contribution in [3.63, 3.8) is 0 Å². The van der Waals surface area contributed by atoms with Gasteiger partial charge in [0, 0.05) is 0 Å². The Labute approximate surface area is 340 Å². The normalized spacial score (nSPS) is 13.7. The van der Waals surface area contributed by atoms with Crippen LogP contribution < -0.4 is 47.9 Å². The quantitative estimate of drug-likeness (QED) is 0.0518. The largest absolute Gasteiger partial charge is 0.467 e. The van der Waals surface area contributed by atoms with Gasteiger partial charge in [0.2, 0.25) is 47.3 Å². The van der Waals surface area contributed by atoms with Crippen molar-refractivity contribution in [2.45, 2.75) is 125 Å². The zero-order valence-electron chi connectivity index (χ0n) is 35.8. The van der Waals surface area contributed by atoms with Crippen LogP contribution in [0.15, 0.2) is 0 Å². The lowest BCUT2D eigenvalue weighted by atomic mass is 10.0. The average Bonchev–Trinajstić information content (AvgIpc) is 3.10. The Morgan fingerprint density at radius 3 is 1.33 bits per heavy atom. The monoisotopic (exact) mass is 827 g/mol. The van der Waals surface area contributed by atoms with Gasteiger partial charge >= 0.3 is 12.1 Å². The fourth-order valence-corrected chi connectivity index (χ4v) is 4.89. The van der Waals surface area contributed by atoms with E-state index in [4.69, 9.17) is 9.47 Å². The second-order valence-corrected chi connectivity index (χ2v) is 15.8. The van der Waals surface area contributed by atoms with E-state index in [1.54, 1.807) is 34.6 Å². The average molecular weight is 828 g/mol. The number of esters is 1. The number of carbonyl (C=O) groups is 10. The van der Waals surface area contributed by atoms with Crippen molar-refractivity contribution >= 4 is 59.3 Å². The zero-order valence-corrected chi connectivity index (χ0v) is 35.8. The van der Waals surface area contributed by atoms with E-state index in [-0.39, 0.29) is 24.2 Å². The van der Waals surface area contributed by atoms with E-state index < -0.39 is 121 Å².